The summed E-state index contributed by atoms with van der Waals surface area (Å²) < 4.78 is 61.4. The molecule has 0 amide bonds. The number of carbonyl (C=O) groups is 2. The summed E-state index contributed by atoms with van der Waals surface area (Å²) in [7, 11) is 6.59. The second-order valence-corrected chi connectivity index (χ2v) is 30.3. The van der Waals surface area contributed by atoms with Crippen LogP contribution in [0.5, 0.6) is 0 Å². The number of fused-ring (bicyclic) bond motifs is 4. The molecule has 5 aliphatic heterocycles. The van der Waals surface area contributed by atoms with Crippen molar-refractivity contribution >= 4 is 11.9 Å². The summed E-state index contributed by atoms with van der Waals surface area (Å²) in [5.41, 5.74) is 1.41. The van der Waals surface area contributed by atoms with Gasteiger partial charge in [-0.3, -0.25) is 0 Å². The highest BCUT2D eigenvalue weighted by atomic mass is 16.6. The Hall–Kier alpha value is -3.26. The van der Waals surface area contributed by atoms with Crippen LogP contribution in [-0.4, -0.2) is 216 Å². The van der Waals surface area contributed by atoms with E-state index >= 15 is 0 Å². The Labute approximate surface area is 587 Å². The van der Waals surface area contributed by atoms with Gasteiger partial charge in [-0.05, 0) is 123 Å². The van der Waals surface area contributed by atoms with Gasteiger partial charge in [-0.25, -0.2) is 9.59 Å². The van der Waals surface area contributed by atoms with Crippen molar-refractivity contribution in [2.45, 2.75) is 333 Å². The molecule has 20 nitrogen and oxygen atoms in total. The van der Waals surface area contributed by atoms with Gasteiger partial charge in [-0.2, -0.15) is 0 Å². The first-order valence-corrected chi connectivity index (χ1v) is 37.1. The Morgan fingerprint density at radius 3 is 1.41 bits per heavy atom. The number of aliphatic hydroxyl groups is 8. The standard InChI is InChI=1S/C78H132O20/c1-45-23-29-57(79)37-59-19-17-21-61(95-59)41-70(91-15)51(7)67(81)43-68(82)53(9)76(87)56(12)78(48(4)28-32-64-40-66(90-14)36-50(6)94-64)98-74(85)34-26-46(2)24-30-58(80)38-60-20-18-22-62(96-60)42-71(92-16)52(8)69(83)44-72(97-73(84)33-25-45)54(10)77(88)55(11)75(86)47(3)27-31-63-39-65(89-13)35-49(5)93-63/h17-20,23-26,33-34,47-72,75-83,86-88H,21-22,27-32,35-44H2,1-16H3/b33-25+,34-26+,45-23+,46-24+/t47?,48?,49?,50-,51-,52-,53-,54-,55-,56+,57-,58-,59-,60-,61-,62-,63?,64?,65+,66+,67-,68-,69-,70-,71-,72+,75-,76-,77-,78?/m0/s1. The highest BCUT2D eigenvalue weighted by Gasteiger charge is 2.42. The lowest BCUT2D eigenvalue weighted by molar-refractivity contribution is -0.155. The number of methoxy groups -OCH3 is 4. The smallest absolute Gasteiger partial charge is 0.331 e. The maximum absolute atomic E-state index is 13.9. The molecule has 30 atom stereocenters. The fourth-order valence-corrected chi connectivity index (χ4v) is 15.3. The summed E-state index contributed by atoms with van der Waals surface area (Å²) in [6, 6.07) is 0. The van der Waals surface area contributed by atoms with Gasteiger partial charge >= 0.3 is 11.9 Å². The third-order valence-corrected chi connectivity index (χ3v) is 22.3. The monoisotopic (exact) mass is 1390 g/mol. The van der Waals surface area contributed by atoms with Crippen LogP contribution in [0.2, 0.25) is 0 Å². The van der Waals surface area contributed by atoms with Crippen LogP contribution in [0.3, 0.4) is 0 Å². The molecule has 2 saturated heterocycles. The van der Waals surface area contributed by atoms with E-state index in [0.29, 0.717) is 50.5 Å². The van der Waals surface area contributed by atoms with Crippen LogP contribution in [-0.2, 0) is 57.0 Å². The minimum Gasteiger partial charge on any atom is -0.459 e. The molecule has 5 rings (SSSR count). The molecule has 0 aromatic heterocycles. The lowest BCUT2D eigenvalue weighted by atomic mass is 9.79. The number of aliphatic hydroxyl groups excluding tert-OH is 8. The Morgan fingerprint density at radius 1 is 0.490 bits per heavy atom. The van der Waals surface area contributed by atoms with Crippen LogP contribution >= 0.6 is 0 Å². The van der Waals surface area contributed by atoms with E-state index in [1.807, 2.05) is 98.8 Å². The van der Waals surface area contributed by atoms with Crippen LogP contribution < -0.4 is 0 Å². The topological polar surface area (TPSA) is 288 Å². The summed E-state index contributed by atoms with van der Waals surface area (Å²) in [5, 5.41) is 94.1. The number of hydrogen-bond donors (Lipinski definition) is 8. The van der Waals surface area contributed by atoms with E-state index in [4.69, 9.17) is 47.4 Å². The summed E-state index contributed by atoms with van der Waals surface area (Å²) in [6.45, 7) is 22.5. The first kappa shape index (κ1) is 85.4. The maximum atomic E-state index is 13.9. The summed E-state index contributed by atoms with van der Waals surface area (Å²) in [5.74, 6) is -5.42. The molecule has 0 aromatic carbocycles. The number of rotatable bonds is 16. The van der Waals surface area contributed by atoms with Crippen molar-refractivity contribution in [3.05, 3.63) is 71.9 Å². The van der Waals surface area contributed by atoms with Gasteiger partial charge in [-0.15, -0.1) is 0 Å². The predicted molar refractivity (Wildman–Crippen MR) is 377 cm³/mol. The average Bonchev–Trinajstić information content (AvgIpc) is 0.907. The summed E-state index contributed by atoms with van der Waals surface area (Å²) >= 11 is 0. The molecule has 8 N–H and O–H groups in total. The fraction of sp³-hybridized carbons (Fsp3) is 0.821. The quantitative estimate of drug-likeness (QED) is 0.0527. The lowest BCUT2D eigenvalue weighted by Crippen LogP contribution is -2.45. The van der Waals surface area contributed by atoms with Gasteiger partial charge in [0.15, 0.2) is 0 Å². The third-order valence-electron chi connectivity index (χ3n) is 22.3. The van der Waals surface area contributed by atoms with Crippen LogP contribution in [0.15, 0.2) is 71.9 Å². The zero-order chi connectivity index (χ0) is 72.5. The van der Waals surface area contributed by atoms with Gasteiger partial charge in [0.25, 0.3) is 0 Å². The van der Waals surface area contributed by atoms with E-state index in [2.05, 4.69) is 0 Å². The molecule has 20 heteroatoms. The molecule has 5 aliphatic rings. The molecule has 2 fully saturated rings. The van der Waals surface area contributed by atoms with E-state index in [1.165, 1.54) is 12.2 Å². The summed E-state index contributed by atoms with van der Waals surface area (Å²) in [6.07, 6.45) is 14.3. The molecule has 564 valence electrons. The van der Waals surface area contributed by atoms with Gasteiger partial charge in [0.2, 0.25) is 0 Å². The number of ether oxygens (including phenoxy) is 10. The molecule has 0 spiro atoms. The molecule has 98 heavy (non-hydrogen) atoms. The molecular weight excluding hydrogens is 1260 g/mol. The highest BCUT2D eigenvalue weighted by Crippen LogP contribution is 2.37. The lowest BCUT2D eigenvalue weighted by Gasteiger charge is -2.38. The number of hydrogen-bond acceptors (Lipinski definition) is 20. The number of esters is 2. The minimum absolute atomic E-state index is 0.00955. The minimum atomic E-state index is -1.14. The van der Waals surface area contributed by atoms with Crippen molar-refractivity contribution in [2.24, 2.45) is 47.3 Å². The molecule has 5 heterocycles. The van der Waals surface area contributed by atoms with Crippen molar-refractivity contribution in [3.63, 3.8) is 0 Å². The first-order valence-electron chi connectivity index (χ1n) is 37.1. The molecule has 0 saturated carbocycles. The van der Waals surface area contributed by atoms with Crippen molar-refractivity contribution in [3.8, 4) is 0 Å². The maximum Gasteiger partial charge on any atom is 0.331 e. The summed E-state index contributed by atoms with van der Waals surface area (Å²) in [4.78, 5) is 27.7. The number of cyclic esters (lactones) is 2. The van der Waals surface area contributed by atoms with Crippen molar-refractivity contribution < 1.29 is 97.8 Å². The Morgan fingerprint density at radius 2 is 0.939 bits per heavy atom. The Bertz CT molecular complexity index is 2480. The van der Waals surface area contributed by atoms with E-state index < -0.39 is 133 Å². The first-order chi connectivity index (χ1) is 46.4. The third kappa shape index (κ3) is 28.1. The Kier molecular flexibility index (Phi) is 37.6. The molecular formula is C78H132O20. The second kappa shape index (κ2) is 43.1. The van der Waals surface area contributed by atoms with E-state index in [0.717, 1.165) is 37.7 Å². The van der Waals surface area contributed by atoms with Crippen LogP contribution in [0.25, 0.3) is 0 Å². The number of allylic oxidation sites excluding steroid dienone is 4. The SMILES string of the molecule is CO[C@@H]1CC(C)OC(CCC(C)[C@H](O)[C@H](C)[C@@H](O)[C@@H](C)[C@H]2C[C@H](O)[C@H](C)[C@@H](OC)C[C@@H]3CC=C[C@@H](C[C@@H](O)C/C=C(C)/C=C/C(=O)OC(C(C)CCC4C[C@H](OC)C[C@H](C)O4)[C@H](C)[C@@H](O)[C@@H](C)[C@@H](O)C[C@H](O)[C@H](C)[C@@H](OC)C[C@@H]4CC=C[C@@H](C[C@@H](O)C/C=C(C)/C=C/C(=O)O2)O4)O3)C1. The highest BCUT2D eigenvalue weighted by molar-refractivity contribution is 5.83. The molecule has 0 radical (unpaired) electrons. The van der Waals surface area contributed by atoms with E-state index in [1.54, 1.807) is 61.4 Å². The van der Waals surface area contributed by atoms with Gasteiger partial charge < -0.3 is 88.2 Å². The van der Waals surface area contributed by atoms with Crippen LogP contribution in [0.4, 0.5) is 0 Å². The zero-order valence-corrected chi connectivity index (χ0v) is 62.3. The van der Waals surface area contributed by atoms with Gasteiger partial charge in [0.05, 0.1) is 122 Å². The molecule has 0 aromatic rings. The van der Waals surface area contributed by atoms with E-state index in [-0.39, 0.29) is 99.2 Å². The second-order valence-electron chi connectivity index (χ2n) is 30.3. The number of carbonyl (C=O) groups excluding carboxylic acids is 2. The van der Waals surface area contributed by atoms with Gasteiger partial charge in [0, 0.05) is 108 Å². The molecule has 0 aliphatic carbocycles. The Balaban J connectivity index is 1.37. The van der Waals surface area contributed by atoms with Crippen molar-refractivity contribution in [2.75, 3.05) is 28.4 Å². The van der Waals surface area contributed by atoms with Gasteiger partial charge in [0.1, 0.15) is 12.2 Å². The van der Waals surface area contributed by atoms with E-state index in [9.17, 15) is 50.4 Å². The predicted octanol–water partition coefficient (Wildman–Crippen LogP) is 10.1. The molecule has 4 bridgehead atoms. The normalized spacial score (nSPS) is 41.1. The van der Waals surface area contributed by atoms with Gasteiger partial charge in [-0.1, -0.05) is 115 Å². The van der Waals surface area contributed by atoms with Crippen LogP contribution in [0, 0.1) is 47.3 Å². The zero-order valence-electron chi connectivity index (χ0n) is 62.3. The largest absolute Gasteiger partial charge is 0.459 e. The van der Waals surface area contributed by atoms with Crippen molar-refractivity contribution in [1.29, 1.82) is 0 Å². The van der Waals surface area contributed by atoms with Crippen LogP contribution in [0.1, 0.15) is 199 Å². The fourth-order valence-electron chi connectivity index (χ4n) is 15.3. The average molecular weight is 1390 g/mol. The molecule has 6 unspecified atom stereocenters. The van der Waals surface area contributed by atoms with Crippen molar-refractivity contribution in [1.82, 2.24) is 0 Å².